The summed E-state index contributed by atoms with van der Waals surface area (Å²) in [6.45, 7) is 0.146. The van der Waals surface area contributed by atoms with Gasteiger partial charge in [-0.15, -0.1) is 0 Å². The Labute approximate surface area is 219 Å². The van der Waals surface area contributed by atoms with Crippen molar-refractivity contribution >= 4 is 27.4 Å². The number of rotatable bonds is 10. The zero-order valence-electron chi connectivity index (χ0n) is 17.9. The van der Waals surface area contributed by atoms with E-state index in [1.807, 2.05) is 0 Å². The predicted molar refractivity (Wildman–Crippen MR) is 117 cm³/mol. The number of carboxylic acid groups (broad SMARTS) is 1. The molecule has 0 radical (unpaired) electrons. The number of sulfone groups is 1. The van der Waals surface area contributed by atoms with Gasteiger partial charge in [0.15, 0.2) is 0 Å². The molecule has 0 aromatic heterocycles. The number of benzene rings is 3. The molecule has 10 heteroatoms. The second-order valence-electron chi connectivity index (χ2n) is 6.98. The SMILES string of the molecule is O=C([O-])COc1ccc(S(=O)(=O)c2ccc(CNC[C@H](O)c3cccc(Cl)c3)cc2)cc1.[Na+]. The molecule has 0 aliphatic rings. The molecule has 0 saturated carbocycles. The van der Waals surface area contributed by atoms with Crippen LogP contribution in [0.25, 0.3) is 0 Å². The molecule has 0 aliphatic carbocycles. The number of ether oxygens (including phenoxy) is 1. The van der Waals surface area contributed by atoms with Crippen LogP contribution in [0.5, 0.6) is 5.75 Å². The standard InChI is InChI=1S/C23H22ClNO6S.Na/c24-18-3-1-2-17(12-18)22(26)14-25-13-16-4-8-20(9-5-16)32(29,30)21-10-6-19(7-11-21)31-15-23(27)28;/h1-12,22,25-26H,13-15H2,(H,27,28);/q;+1/p-1/t22-;/m0./s1. The first-order valence-electron chi connectivity index (χ1n) is 9.67. The Hall–Kier alpha value is -1.91. The molecule has 1 atom stereocenters. The van der Waals surface area contributed by atoms with Gasteiger partial charge in [0.1, 0.15) is 12.4 Å². The van der Waals surface area contributed by atoms with Crippen molar-refractivity contribution in [2.24, 2.45) is 0 Å². The zero-order chi connectivity index (χ0) is 23.1. The van der Waals surface area contributed by atoms with E-state index >= 15 is 0 Å². The maximum absolute atomic E-state index is 12.8. The Morgan fingerprint density at radius 3 is 2.21 bits per heavy atom. The van der Waals surface area contributed by atoms with Crippen molar-refractivity contribution in [1.82, 2.24) is 5.32 Å². The van der Waals surface area contributed by atoms with Gasteiger partial charge in [0.2, 0.25) is 9.84 Å². The molecule has 168 valence electrons. The summed E-state index contributed by atoms with van der Waals surface area (Å²) < 4.78 is 30.6. The van der Waals surface area contributed by atoms with E-state index < -0.39 is 28.5 Å². The van der Waals surface area contributed by atoms with Gasteiger partial charge in [-0.3, -0.25) is 0 Å². The third-order valence-electron chi connectivity index (χ3n) is 4.62. The number of carboxylic acids is 1. The van der Waals surface area contributed by atoms with Crippen LogP contribution in [0.1, 0.15) is 17.2 Å². The van der Waals surface area contributed by atoms with Gasteiger partial charge < -0.3 is 25.1 Å². The van der Waals surface area contributed by atoms with E-state index in [1.54, 1.807) is 36.4 Å². The summed E-state index contributed by atoms with van der Waals surface area (Å²) in [7, 11) is -3.73. The molecular weight excluding hydrogens is 477 g/mol. The predicted octanol–water partition coefficient (Wildman–Crippen LogP) is -0.871. The molecule has 0 heterocycles. The van der Waals surface area contributed by atoms with Crippen LogP contribution in [0.15, 0.2) is 82.6 Å². The number of hydrogen-bond donors (Lipinski definition) is 2. The quantitative estimate of drug-likeness (QED) is 0.350. The van der Waals surface area contributed by atoms with Crippen molar-refractivity contribution < 1.29 is 57.7 Å². The Morgan fingerprint density at radius 1 is 1.03 bits per heavy atom. The van der Waals surface area contributed by atoms with Gasteiger partial charge in [-0.25, -0.2) is 8.42 Å². The van der Waals surface area contributed by atoms with Gasteiger partial charge in [0, 0.05) is 18.1 Å². The fourth-order valence-electron chi connectivity index (χ4n) is 2.96. The van der Waals surface area contributed by atoms with E-state index in [0.29, 0.717) is 23.7 Å². The largest absolute Gasteiger partial charge is 1.00 e. The Morgan fingerprint density at radius 2 is 1.64 bits per heavy atom. The second-order valence-corrected chi connectivity index (χ2v) is 9.37. The fraction of sp³-hybridized carbons (Fsp3) is 0.174. The molecule has 0 saturated heterocycles. The summed E-state index contributed by atoms with van der Waals surface area (Å²) in [6, 6.07) is 18.9. The number of carbonyl (C=O) groups is 1. The summed E-state index contributed by atoms with van der Waals surface area (Å²) in [5.74, 6) is -1.13. The van der Waals surface area contributed by atoms with Gasteiger partial charge in [0.05, 0.1) is 21.9 Å². The number of hydrogen-bond acceptors (Lipinski definition) is 7. The van der Waals surface area contributed by atoms with Gasteiger partial charge in [-0.1, -0.05) is 35.9 Å². The number of nitrogens with one attached hydrogen (secondary N) is 1. The van der Waals surface area contributed by atoms with Gasteiger partial charge in [0.25, 0.3) is 0 Å². The topological polar surface area (TPSA) is 116 Å². The van der Waals surface area contributed by atoms with E-state index in [-0.39, 0.29) is 45.1 Å². The van der Waals surface area contributed by atoms with E-state index in [1.165, 1.54) is 36.4 Å². The maximum atomic E-state index is 12.8. The Bertz CT molecular complexity index is 1170. The van der Waals surface area contributed by atoms with Gasteiger partial charge in [-0.05, 0) is 59.7 Å². The molecule has 3 aromatic rings. The molecule has 33 heavy (non-hydrogen) atoms. The van der Waals surface area contributed by atoms with Gasteiger partial charge in [-0.2, -0.15) is 0 Å². The third-order valence-corrected chi connectivity index (χ3v) is 6.65. The molecule has 0 spiro atoms. The third kappa shape index (κ3) is 7.82. The molecule has 3 rings (SSSR count). The molecule has 0 aliphatic heterocycles. The van der Waals surface area contributed by atoms with Crippen molar-refractivity contribution in [2.75, 3.05) is 13.2 Å². The minimum absolute atomic E-state index is 0. The number of aliphatic hydroxyl groups is 1. The minimum atomic E-state index is -3.73. The molecule has 0 unspecified atom stereocenters. The molecule has 0 bridgehead atoms. The molecule has 0 fully saturated rings. The second kappa shape index (κ2) is 12.5. The molecular formula is C23H21ClNNaO6S. The van der Waals surface area contributed by atoms with E-state index in [9.17, 15) is 23.4 Å². The normalized spacial score (nSPS) is 11.9. The number of aliphatic hydroxyl groups excluding tert-OH is 1. The minimum Gasteiger partial charge on any atom is -0.546 e. The van der Waals surface area contributed by atoms with Crippen molar-refractivity contribution in [3.63, 3.8) is 0 Å². The molecule has 7 nitrogen and oxygen atoms in total. The fourth-order valence-corrected chi connectivity index (χ4v) is 4.42. The Kier molecular flexibility index (Phi) is 10.4. The van der Waals surface area contributed by atoms with Gasteiger partial charge >= 0.3 is 29.6 Å². The first-order chi connectivity index (χ1) is 15.3. The summed E-state index contributed by atoms with van der Waals surface area (Å²) in [5, 5.41) is 24.4. The zero-order valence-corrected chi connectivity index (χ0v) is 21.5. The maximum Gasteiger partial charge on any atom is 1.00 e. The monoisotopic (exact) mass is 497 g/mol. The van der Waals surface area contributed by atoms with Crippen LogP contribution in [-0.2, 0) is 21.2 Å². The smallest absolute Gasteiger partial charge is 0.546 e. The average Bonchev–Trinajstić information content (AvgIpc) is 2.78. The molecule has 2 N–H and O–H groups in total. The number of aliphatic carboxylic acids is 1. The van der Waals surface area contributed by atoms with E-state index in [2.05, 4.69) is 5.32 Å². The first-order valence-corrected chi connectivity index (χ1v) is 11.5. The van der Waals surface area contributed by atoms with Crippen molar-refractivity contribution in [3.8, 4) is 5.75 Å². The summed E-state index contributed by atoms with van der Waals surface area (Å²) in [6.07, 6.45) is -0.716. The van der Waals surface area contributed by atoms with E-state index in [4.69, 9.17) is 16.3 Å². The number of carbonyl (C=O) groups excluding carboxylic acids is 1. The van der Waals surface area contributed by atoms with Crippen LogP contribution >= 0.6 is 11.6 Å². The molecule has 0 amide bonds. The summed E-state index contributed by atoms with van der Waals surface area (Å²) in [4.78, 5) is 10.6. The summed E-state index contributed by atoms with van der Waals surface area (Å²) in [5.41, 5.74) is 1.57. The van der Waals surface area contributed by atoms with Crippen LogP contribution in [0.3, 0.4) is 0 Å². The molecule has 3 aromatic carbocycles. The summed E-state index contributed by atoms with van der Waals surface area (Å²) >= 11 is 5.94. The van der Waals surface area contributed by atoms with Crippen LogP contribution in [-0.4, -0.2) is 32.6 Å². The van der Waals surface area contributed by atoms with Crippen LogP contribution < -0.4 is 44.7 Å². The Balaban J connectivity index is 0.00000385. The van der Waals surface area contributed by atoms with Crippen molar-refractivity contribution in [1.29, 1.82) is 0 Å². The van der Waals surface area contributed by atoms with Crippen LogP contribution in [0.4, 0.5) is 0 Å². The van der Waals surface area contributed by atoms with Crippen molar-refractivity contribution in [3.05, 3.63) is 88.9 Å². The average molecular weight is 498 g/mol. The van der Waals surface area contributed by atoms with Crippen molar-refractivity contribution in [2.45, 2.75) is 22.4 Å². The number of halogens is 1. The van der Waals surface area contributed by atoms with Crippen LogP contribution in [0.2, 0.25) is 5.02 Å². The van der Waals surface area contributed by atoms with E-state index in [0.717, 1.165) is 5.56 Å². The van der Waals surface area contributed by atoms with Crippen LogP contribution in [0, 0.1) is 0 Å². The first kappa shape index (κ1) is 27.3.